The Kier molecular flexibility index (Phi) is 4.56. The summed E-state index contributed by atoms with van der Waals surface area (Å²) in [6.07, 6.45) is 4.10. The third-order valence-corrected chi connectivity index (χ3v) is 4.56. The lowest BCUT2D eigenvalue weighted by atomic mass is 10.1. The van der Waals surface area contributed by atoms with E-state index >= 15 is 0 Å². The van der Waals surface area contributed by atoms with Crippen LogP contribution in [0.1, 0.15) is 54.7 Å². The van der Waals surface area contributed by atoms with Crippen molar-refractivity contribution >= 4 is 0 Å². The van der Waals surface area contributed by atoms with Gasteiger partial charge in [-0.3, -0.25) is 5.32 Å². The van der Waals surface area contributed by atoms with Crippen molar-refractivity contribution in [1.29, 1.82) is 0 Å². The van der Waals surface area contributed by atoms with E-state index in [2.05, 4.69) is 42.4 Å². The summed E-state index contributed by atoms with van der Waals surface area (Å²) < 4.78 is 7.63. The van der Waals surface area contributed by atoms with Crippen LogP contribution in [-0.4, -0.2) is 24.9 Å². The second-order valence-electron chi connectivity index (χ2n) is 6.46. The van der Waals surface area contributed by atoms with Crippen LogP contribution in [0.15, 0.2) is 34.9 Å². The van der Waals surface area contributed by atoms with Crippen LogP contribution < -0.4 is 5.32 Å². The predicted molar refractivity (Wildman–Crippen MR) is 91.8 cm³/mol. The van der Waals surface area contributed by atoms with Crippen LogP contribution in [0.5, 0.6) is 0 Å². The van der Waals surface area contributed by atoms with Gasteiger partial charge in [0.15, 0.2) is 5.82 Å². The molecule has 0 radical (unpaired) electrons. The van der Waals surface area contributed by atoms with E-state index < -0.39 is 0 Å². The van der Waals surface area contributed by atoms with E-state index in [0.717, 1.165) is 24.6 Å². The molecule has 7 nitrogen and oxygen atoms in total. The SMILES string of the molecule is C[C@@H](NCc1nnc2n1CCCC2)c1nc(Cc2ccccc2)no1. The first-order chi connectivity index (χ1) is 12.3. The fourth-order valence-corrected chi connectivity index (χ4v) is 3.12. The zero-order valence-electron chi connectivity index (χ0n) is 14.4. The number of hydrogen-bond donors (Lipinski definition) is 1. The van der Waals surface area contributed by atoms with Crippen molar-refractivity contribution in [3.8, 4) is 0 Å². The number of nitrogens with zero attached hydrogens (tertiary/aromatic N) is 5. The molecule has 0 saturated heterocycles. The molecule has 0 aliphatic carbocycles. The van der Waals surface area contributed by atoms with Gasteiger partial charge in [-0.15, -0.1) is 10.2 Å². The van der Waals surface area contributed by atoms with Crippen molar-refractivity contribution in [3.63, 3.8) is 0 Å². The number of fused-ring (bicyclic) bond motifs is 1. The van der Waals surface area contributed by atoms with E-state index in [4.69, 9.17) is 4.52 Å². The highest BCUT2D eigenvalue weighted by Crippen LogP contribution is 2.16. The average Bonchev–Trinajstić information content (AvgIpc) is 3.28. The average molecular weight is 338 g/mol. The van der Waals surface area contributed by atoms with Gasteiger partial charge in [-0.2, -0.15) is 4.98 Å². The van der Waals surface area contributed by atoms with Gasteiger partial charge in [0.2, 0.25) is 5.89 Å². The maximum absolute atomic E-state index is 5.41. The van der Waals surface area contributed by atoms with Crippen molar-refractivity contribution in [2.45, 2.75) is 51.7 Å². The van der Waals surface area contributed by atoms with Crippen LogP contribution in [0.25, 0.3) is 0 Å². The van der Waals surface area contributed by atoms with E-state index in [9.17, 15) is 0 Å². The molecule has 0 bridgehead atoms. The van der Waals surface area contributed by atoms with Gasteiger partial charge < -0.3 is 9.09 Å². The van der Waals surface area contributed by atoms with Crippen LogP contribution in [0.2, 0.25) is 0 Å². The highest BCUT2D eigenvalue weighted by Gasteiger charge is 2.18. The van der Waals surface area contributed by atoms with Gasteiger partial charge in [0.25, 0.3) is 0 Å². The lowest BCUT2D eigenvalue weighted by Gasteiger charge is -2.15. The maximum atomic E-state index is 5.41. The molecule has 130 valence electrons. The van der Waals surface area contributed by atoms with Crippen LogP contribution >= 0.6 is 0 Å². The largest absolute Gasteiger partial charge is 0.338 e. The molecule has 0 fully saturated rings. The molecule has 7 heteroatoms. The molecule has 0 spiro atoms. The van der Waals surface area contributed by atoms with Gasteiger partial charge in [-0.05, 0) is 25.3 Å². The first-order valence-corrected chi connectivity index (χ1v) is 8.80. The van der Waals surface area contributed by atoms with Crippen molar-refractivity contribution < 1.29 is 4.52 Å². The Labute approximate surface area is 146 Å². The molecule has 2 aromatic heterocycles. The summed E-state index contributed by atoms with van der Waals surface area (Å²) in [5.41, 5.74) is 1.17. The van der Waals surface area contributed by atoms with Crippen molar-refractivity contribution in [2.24, 2.45) is 0 Å². The Bertz CT molecular complexity index is 825. The molecule has 1 aliphatic rings. The minimum atomic E-state index is -0.0337. The smallest absolute Gasteiger partial charge is 0.243 e. The summed E-state index contributed by atoms with van der Waals surface area (Å²) in [5, 5.41) is 16.1. The minimum absolute atomic E-state index is 0.0337. The van der Waals surface area contributed by atoms with E-state index in [1.165, 1.54) is 18.4 Å². The maximum Gasteiger partial charge on any atom is 0.243 e. The number of benzene rings is 1. The molecule has 1 aliphatic heterocycles. The van der Waals surface area contributed by atoms with Gasteiger partial charge in [0, 0.05) is 19.4 Å². The quantitative estimate of drug-likeness (QED) is 0.743. The van der Waals surface area contributed by atoms with E-state index in [0.29, 0.717) is 24.7 Å². The number of rotatable bonds is 6. The molecule has 3 heterocycles. The molecule has 3 aromatic rings. The summed E-state index contributed by atoms with van der Waals surface area (Å²) in [6.45, 7) is 3.67. The Morgan fingerprint density at radius 3 is 2.96 bits per heavy atom. The summed E-state index contributed by atoms with van der Waals surface area (Å²) in [7, 11) is 0. The first-order valence-electron chi connectivity index (χ1n) is 8.80. The molecule has 4 rings (SSSR count). The van der Waals surface area contributed by atoms with E-state index in [1.54, 1.807) is 0 Å². The first kappa shape index (κ1) is 16.0. The molecule has 0 saturated carbocycles. The summed E-state index contributed by atoms with van der Waals surface area (Å²) in [4.78, 5) is 4.51. The van der Waals surface area contributed by atoms with Crippen molar-refractivity contribution in [3.05, 3.63) is 59.3 Å². The van der Waals surface area contributed by atoms with Crippen LogP contribution in [0, 0.1) is 0 Å². The monoisotopic (exact) mass is 338 g/mol. The van der Waals surface area contributed by atoms with E-state index in [1.807, 2.05) is 25.1 Å². The fourth-order valence-electron chi connectivity index (χ4n) is 3.12. The fraction of sp³-hybridized carbons (Fsp3) is 0.444. The summed E-state index contributed by atoms with van der Waals surface area (Å²) in [6, 6.07) is 10.1. The predicted octanol–water partition coefficient (Wildman–Crippen LogP) is 2.44. The lowest BCUT2D eigenvalue weighted by molar-refractivity contribution is 0.333. The highest BCUT2D eigenvalue weighted by molar-refractivity contribution is 5.18. The zero-order valence-corrected chi connectivity index (χ0v) is 14.4. The topological polar surface area (TPSA) is 81.7 Å². The Balaban J connectivity index is 1.37. The van der Waals surface area contributed by atoms with Crippen LogP contribution in [0.4, 0.5) is 0 Å². The van der Waals surface area contributed by atoms with Crippen LogP contribution in [-0.2, 0) is 25.9 Å². The standard InChI is InChI=1S/C18H22N6O/c1-13(19-12-17-22-21-16-9-5-6-10-24(16)17)18-20-15(23-25-18)11-14-7-3-2-4-8-14/h2-4,7-8,13,19H,5-6,9-12H2,1H3/t13-/m1/s1. The number of nitrogens with one attached hydrogen (secondary N) is 1. The van der Waals surface area contributed by atoms with Gasteiger partial charge >= 0.3 is 0 Å². The highest BCUT2D eigenvalue weighted by atomic mass is 16.5. The third-order valence-electron chi connectivity index (χ3n) is 4.56. The molecule has 1 atom stereocenters. The second kappa shape index (κ2) is 7.14. The summed E-state index contributed by atoms with van der Waals surface area (Å²) in [5.74, 6) is 3.38. The van der Waals surface area contributed by atoms with Gasteiger partial charge in [-0.1, -0.05) is 35.5 Å². The third kappa shape index (κ3) is 3.61. The number of aryl methyl sites for hydroxylation is 1. The van der Waals surface area contributed by atoms with Gasteiger partial charge in [0.05, 0.1) is 12.6 Å². The number of aromatic nitrogens is 5. The van der Waals surface area contributed by atoms with Crippen molar-refractivity contribution in [2.75, 3.05) is 0 Å². The molecular weight excluding hydrogens is 316 g/mol. The van der Waals surface area contributed by atoms with E-state index in [-0.39, 0.29) is 6.04 Å². The normalized spacial score (nSPS) is 15.1. The summed E-state index contributed by atoms with van der Waals surface area (Å²) >= 11 is 0. The molecule has 0 unspecified atom stereocenters. The Morgan fingerprint density at radius 2 is 2.08 bits per heavy atom. The molecule has 25 heavy (non-hydrogen) atoms. The molecule has 1 N–H and O–H groups in total. The lowest BCUT2D eigenvalue weighted by Crippen LogP contribution is -2.22. The number of hydrogen-bond acceptors (Lipinski definition) is 6. The molecular formula is C18H22N6O. The second-order valence-corrected chi connectivity index (χ2v) is 6.46. The molecule has 1 aromatic carbocycles. The zero-order chi connectivity index (χ0) is 17.1. The molecule has 0 amide bonds. The minimum Gasteiger partial charge on any atom is -0.338 e. The van der Waals surface area contributed by atoms with Crippen LogP contribution in [0.3, 0.4) is 0 Å². The van der Waals surface area contributed by atoms with Gasteiger partial charge in [-0.25, -0.2) is 0 Å². The van der Waals surface area contributed by atoms with Crippen molar-refractivity contribution in [1.82, 2.24) is 30.2 Å². The Morgan fingerprint density at radius 1 is 1.20 bits per heavy atom. The van der Waals surface area contributed by atoms with Gasteiger partial charge in [0.1, 0.15) is 11.6 Å². The Hall–Kier alpha value is -2.54.